The number of para-hydroxylation sites is 1. The minimum atomic E-state index is -0.626. The van der Waals surface area contributed by atoms with Crippen LogP contribution in [0.15, 0.2) is 24.3 Å². The second-order valence-corrected chi connectivity index (χ2v) is 5.65. The fraction of sp³-hybridized carbons (Fsp3) is 0.308. The Labute approximate surface area is 125 Å². The Hall–Kier alpha value is -1.66. The summed E-state index contributed by atoms with van der Waals surface area (Å²) in [6.45, 7) is 3.69. The zero-order valence-corrected chi connectivity index (χ0v) is 12.7. The van der Waals surface area contributed by atoms with Gasteiger partial charge >= 0.3 is 0 Å². The molecule has 1 aromatic heterocycles. The van der Waals surface area contributed by atoms with Crippen molar-refractivity contribution in [1.82, 2.24) is 10.2 Å². The van der Waals surface area contributed by atoms with E-state index in [1.165, 1.54) is 11.3 Å². The van der Waals surface area contributed by atoms with Crippen LogP contribution in [0.3, 0.4) is 0 Å². The molecule has 0 fully saturated rings. The van der Waals surface area contributed by atoms with Crippen LogP contribution in [0.25, 0.3) is 0 Å². The summed E-state index contributed by atoms with van der Waals surface area (Å²) in [6.07, 6.45) is -0.103. The van der Waals surface area contributed by atoms with Crippen LogP contribution in [0.1, 0.15) is 18.4 Å². The summed E-state index contributed by atoms with van der Waals surface area (Å²) in [6, 6.07) is 7.06. The highest BCUT2D eigenvalue weighted by Crippen LogP contribution is 2.25. The summed E-state index contributed by atoms with van der Waals surface area (Å²) in [4.78, 5) is 12.1. The molecule has 1 atom stereocenters. The molecule has 20 heavy (non-hydrogen) atoms. The van der Waals surface area contributed by atoms with Gasteiger partial charge in [0.05, 0.1) is 5.02 Å². The van der Waals surface area contributed by atoms with Gasteiger partial charge in [-0.2, -0.15) is 0 Å². The number of aryl methyl sites for hydroxylation is 1. The number of hydrogen-bond acceptors (Lipinski definition) is 5. The Kier molecular flexibility index (Phi) is 4.92. The van der Waals surface area contributed by atoms with Gasteiger partial charge in [-0.05, 0) is 25.5 Å². The number of nitrogens with zero attached hydrogens (tertiary/aromatic N) is 2. The third kappa shape index (κ3) is 3.68. The number of aromatic nitrogens is 2. The number of amides is 1. The second kappa shape index (κ2) is 6.67. The maximum Gasteiger partial charge on any atom is 0.267 e. The highest BCUT2D eigenvalue weighted by atomic mass is 35.5. The van der Waals surface area contributed by atoms with E-state index in [1.54, 1.807) is 24.3 Å². The molecular weight excluding hydrogens is 298 g/mol. The first-order valence-corrected chi connectivity index (χ1v) is 7.31. The monoisotopic (exact) mass is 311 g/mol. The van der Waals surface area contributed by atoms with Gasteiger partial charge in [-0.1, -0.05) is 42.0 Å². The van der Waals surface area contributed by atoms with Crippen LogP contribution in [0.2, 0.25) is 5.02 Å². The van der Waals surface area contributed by atoms with Gasteiger partial charge in [-0.3, -0.25) is 10.1 Å². The minimum absolute atomic E-state index is 0.261. The van der Waals surface area contributed by atoms with Gasteiger partial charge in [0.15, 0.2) is 6.10 Å². The van der Waals surface area contributed by atoms with Crippen molar-refractivity contribution >= 4 is 34.0 Å². The first-order valence-electron chi connectivity index (χ1n) is 6.12. The van der Waals surface area contributed by atoms with Crippen LogP contribution in [0, 0.1) is 6.92 Å². The van der Waals surface area contributed by atoms with E-state index < -0.39 is 6.10 Å². The second-order valence-electron chi connectivity index (χ2n) is 4.06. The van der Waals surface area contributed by atoms with Crippen molar-refractivity contribution in [2.45, 2.75) is 26.4 Å². The Morgan fingerprint density at radius 3 is 2.80 bits per heavy atom. The van der Waals surface area contributed by atoms with E-state index >= 15 is 0 Å². The van der Waals surface area contributed by atoms with Crippen LogP contribution < -0.4 is 10.1 Å². The molecule has 1 amide bonds. The molecule has 1 heterocycles. The van der Waals surface area contributed by atoms with E-state index in [1.807, 2.05) is 13.8 Å². The highest BCUT2D eigenvalue weighted by Gasteiger charge is 2.20. The molecular formula is C13H14ClN3O2S. The van der Waals surface area contributed by atoms with E-state index in [9.17, 15) is 4.79 Å². The first-order chi connectivity index (χ1) is 9.60. The summed E-state index contributed by atoms with van der Waals surface area (Å²) in [7, 11) is 0. The van der Waals surface area contributed by atoms with Gasteiger partial charge in [-0.25, -0.2) is 0 Å². The van der Waals surface area contributed by atoms with Crippen LogP contribution in [0.5, 0.6) is 5.75 Å². The molecule has 0 saturated heterocycles. The van der Waals surface area contributed by atoms with Crippen molar-refractivity contribution in [2.75, 3.05) is 5.32 Å². The van der Waals surface area contributed by atoms with Crippen molar-refractivity contribution in [3.05, 3.63) is 34.3 Å². The molecule has 0 radical (unpaired) electrons. The number of hydrogen-bond donors (Lipinski definition) is 1. The number of nitrogens with one attached hydrogen (secondary N) is 1. The van der Waals surface area contributed by atoms with Gasteiger partial charge in [0.1, 0.15) is 10.8 Å². The number of ether oxygens (including phenoxy) is 1. The third-order valence-corrected chi connectivity index (χ3v) is 3.59. The summed E-state index contributed by atoms with van der Waals surface area (Å²) in [5.41, 5.74) is 0. The molecule has 0 bridgehead atoms. The van der Waals surface area contributed by atoms with Crippen molar-refractivity contribution < 1.29 is 9.53 Å². The molecule has 0 aliphatic rings. The fourth-order valence-electron chi connectivity index (χ4n) is 1.55. The molecule has 1 N–H and O–H groups in total. The Morgan fingerprint density at radius 2 is 2.20 bits per heavy atom. The van der Waals surface area contributed by atoms with E-state index in [0.717, 1.165) is 5.01 Å². The number of rotatable bonds is 5. The summed E-state index contributed by atoms with van der Waals surface area (Å²) in [5, 5.41) is 12.1. The Morgan fingerprint density at radius 1 is 1.45 bits per heavy atom. The van der Waals surface area contributed by atoms with E-state index in [0.29, 0.717) is 22.3 Å². The average molecular weight is 312 g/mol. The maximum absolute atomic E-state index is 12.1. The van der Waals surface area contributed by atoms with Crippen LogP contribution in [-0.4, -0.2) is 22.2 Å². The van der Waals surface area contributed by atoms with Gasteiger partial charge in [0.25, 0.3) is 5.91 Å². The summed E-state index contributed by atoms with van der Waals surface area (Å²) >= 11 is 7.33. The lowest BCUT2D eigenvalue weighted by atomic mass is 10.2. The molecule has 106 valence electrons. The van der Waals surface area contributed by atoms with Crippen LogP contribution in [0.4, 0.5) is 5.13 Å². The van der Waals surface area contributed by atoms with Crippen molar-refractivity contribution in [1.29, 1.82) is 0 Å². The Bertz CT molecular complexity index is 603. The standard InChI is InChI=1S/C13H14ClN3O2S/c1-3-10(19-11-7-5-4-6-9(11)14)12(18)15-13-17-16-8(2)20-13/h4-7,10H,3H2,1-2H3,(H,15,17,18)/t10-/m1/s1. The van der Waals surface area contributed by atoms with Gasteiger partial charge in [-0.15, -0.1) is 10.2 Å². The summed E-state index contributed by atoms with van der Waals surface area (Å²) < 4.78 is 5.65. The van der Waals surface area contributed by atoms with Crippen molar-refractivity contribution in [2.24, 2.45) is 0 Å². The van der Waals surface area contributed by atoms with Gasteiger partial charge < -0.3 is 4.74 Å². The minimum Gasteiger partial charge on any atom is -0.479 e. The van der Waals surface area contributed by atoms with Crippen LogP contribution >= 0.6 is 22.9 Å². The molecule has 0 aliphatic heterocycles. The predicted octanol–water partition coefficient (Wildman–Crippen LogP) is 3.30. The molecule has 0 spiro atoms. The Balaban J connectivity index is 2.04. The number of halogens is 1. The molecule has 0 saturated carbocycles. The number of anilines is 1. The quantitative estimate of drug-likeness (QED) is 0.920. The normalized spacial score (nSPS) is 11.9. The number of carbonyl (C=O) groups excluding carboxylic acids is 1. The molecule has 2 aromatic rings. The molecule has 5 nitrogen and oxygen atoms in total. The van der Waals surface area contributed by atoms with E-state index in [2.05, 4.69) is 15.5 Å². The van der Waals surface area contributed by atoms with Crippen molar-refractivity contribution in [3.63, 3.8) is 0 Å². The lowest BCUT2D eigenvalue weighted by Crippen LogP contribution is -2.32. The van der Waals surface area contributed by atoms with E-state index in [4.69, 9.17) is 16.3 Å². The first kappa shape index (κ1) is 14.7. The zero-order chi connectivity index (χ0) is 14.5. The van der Waals surface area contributed by atoms with Crippen molar-refractivity contribution in [3.8, 4) is 5.75 Å². The number of benzene rings is 1. The predicted molar refractivity (Wildman–Crippen MR) is 79.4 cm³/mol. The topological polar surface area (TPSA) is 64.1 Å². The van der Waals surface area contributed by atoms with Gasteiger partial charge in [0.2, 0.25) is 5.13 Å². The number of carbonyl (C=O) groups is 1. The SMILES string of the molecule is CC[C@@H](Oc1ccccc1Cl)C(=O)Nc1nnc(C)s1. The maximum atomic E-state index is 12.1. The zero-order valence-electron chi connectivity index (χ0n) is 11.1. The molecule has 1 aromatic carbocycles. The molecule has 2 rings (SSSR count). The smallest absolute Gasteiger partial charge is 0.267 e. The lowest BCUT2D eigenvalue weighted by molar-refractivity contribution is -0.122. The molecule has 0 unspecified atom stereocenters. The molecule has 0 aliphatic carbocycles. The average Bonchev–Trinajstić information content (AvgIpc) is 2.83. The van der Waals surface area contributed by atoms with E-state index in [-0.39, 0.29) is 5.91 Å². The summed E-state index contributed by atoms with van der Waals surface area (Å²) in [5.74, 6) is 0.230. The lowest BCUT2D eigenvalue weighted by Gasteiger charge is -2.17. The third-order valence-electron chi connectivity index (χ3n) is 2.53. The fourth-order valence-corrected chi connectivity index (χ4v) is 2.32. The van der Waals surface area contributed by atoms with Gasteiger partial charge in [0, 0.05) is 0 Å². The van der Waals surface area contributed by atoms with Crippen LogP contribution in [-0.2, 0) is 4.79 Å². The molecule has 7 heteroatoms. The highest BCUT2D eigenvalue weighted by molar-refractivity contribution is 7.15. The largest absolute Gasteiger partial charge is 0.479 e.